The molecule has 3 saturated heterocycles. The number of ether oxygens (including phenoxy) is 4. The minimum atomic E-state index is -1.72. The highest BCUT2D eigenvalue weighted by Gasteiger charge is 2.74. The van der Waals surface area contributed by atoms with Gasteiger partial charge in [-0.3, -0.25) is 28.9 Å². The van der Waals surface area contributed by atoms with Crippen LogP contribution >= 0.6 is 0 Å². The minimum Gasteiger partial charge on any atom is -0.491 e. The summed E-state index contributed by atoms with van der Waals surface area (Å²) in [5, 5.41) is 12.7. The second-order valence-corrected chi connectivity index (χ2v) is 16.3. The Bertz CT molecular complexity index is 2370. The van der Waals surface area contributed by atoms with Crippen LogP contribution in [0.3, 0.4) is 0 Å². The lowest BCUT2D eigenvalue weighted by atomic mass is 9.65. The summed E-state index contributed by atoms with van der Waals surface area (Å²) in [6.07, 6.45) is 3.53. The number of benzene rings is 4. The molecule has 63 heavy (non-hydrogen) atoms. The summed E-state index contributed by atoms with van der Waals surface area (Å²) >= 11 is 0. The number of nitrogens with zero attached hydrogens (tertiary/aromatic N) is 2. The molecule has 2 N–H and O–H groups in total. The third-order valence-corrected chi connectivity index (χ3v) is 12.8. The van der Waals surface area contributed by atoms with Gasteiger partial charge in [-0.2, -0.15) is 0 Å². The van der Waals surface area contributed by atoms with Gasteiger partial charge in [-0.25, -0.2) is 0 Å². The molecule has 4 heterocycles. The number of rotatable bonds is 10. The molecule has 6 atom stereocenters. The van der Waals surface area contributed by atoms with Crippen LogP contribution in [0.15, 0.2) is 103 Å². The monoisotopic (exact) mass is 853 g/mol. The van der Waals surface area contributed by atoms with E-state index >= 15 is 14.4 Å². The van der Waals surface area contributed by atoms with Crippen LogP contribution in [-0.2, 0) is 43.6 Å². The third kappa shape index (κ3) is 8.05. The number of anilines is 1. The number of morpholine rings is 1. The molecule has 326 valence electrons. The molecule has 13 nitrogen and oxygen atoms in total. The van der Waals surface area contributed by atoms with Crippen LogP contribution in [0.25, 0.3) is 0 Å². The van der Waals surface area contributed by atoms with Gasteiger partial charge in [0, 0.05) is 30.8 Å². The average molecular weight is 854 g/mol. The maximum absolute atomic E-state index is 15.8. The number of esters is 3. The Labute approximate surface area is 366 Å². The van der Waals surface area contributed by atoms with E-state index < -0.39 is 65.3 Å². The first-order chi connectivity index (χ1) is 30.7. The molecule has 4 aliphatic heterocycles. The van der Waals surface area contributed by atoms with Gasteiger partial charge in [0.25, 0.3) is 0 Å². The first kappa shape index (κ1) is 43.2. The molecule has 4 aliphatic rings. The normalized spacial score (nSPS) is 24.2. The molecule has 8 rings (SSSR count). The number of likely N-dealkylation sites (tertiary alicyclic amines) is 1. The molecule has 13 heteroatoms. The average Bonchev–Trinajstić information content (AvgIpc) is 3.78. The number of methoxy groups -OCH3 is 2. The number of cyclic esters (lactones) is 1. The fourth-order valence-electron chi connectivity index (χ4n) is 10.0. The van der Waals surface area contributed by atoms with Crippen molar-refractivity contribution in [2.75, 3.05) is 45.8 Å². The molecule has 4 aromatic carbocycles. The zero-order valence-electron chi connectivity index (χ0n) is 35.4. The number of nitrogens with one attached hydrogen (secondary N) is 1. The van der Waals surface area contributed by atoms with Crippen molar-refractivity contribution >= 4 is 35.4 Å². The molecular formula is C50H51N3O10. The van der Waals surface area contributed by atoms with Gasteiger partial charge in [0.2, 0.25) is 11.8 Å². The molecule has 0 aliphatic carbocycles. The van der Waals surface area contributed by atoms with E-state index in [0.717, 1.165) is 43.2 Å². The van der Waals surface area contributed by atoms with E-state index in [9.17, 15) is 14.7 Å². The van der Waals surface area contributed by atoms with Gasteiger partial charge >= 0.3 is 17.9 Å². The first-order valence-corrected chi connectivity index (χ1v) is 21.5. The highest BCUT2D eigenvalue weighted by molar-refractivity contribution is 6.12. The van der Waals surface area contributed by atoms with Crippen LogP contribution in [0.1, 0.15) is 84.5 Å². The fourth-order valence-corrected chi connectivity index (χ4v) is 10.0. The number of hydrogen-bond donors (Lipinski definition) is 2. The number of amides is 2. The predicted molar refractivity (Wildman–Crippen MR) is 231 cm³/mol. The molecule has 0 unspecified atom stereocenters. The van der Waals surface area contributed by atoms with Gasteiger partial charge in [0.05, 0.1) is 38.8 Å². The maximum Gasteiger partial charge on any atom is 0.324 e. The number of fused-ring (bicyclic) bond motifs is 3. The topological polar surface area (TPSA) is 161 Å². The quantitative estimate of drug-likeness (QED) is 0.0856. The highest BCUT2D eigenvalue weighted by Crippen LogP contribution is 2.65. The van der Waals surface area contributed by atoms with Gasteiger partial charge in [0.1, 0.15) is 29.9 Å². The molecule has 0 radical (unpaired) electrons. The van der Waals surface area contributed by atoms with Gasteiger partial charge in [0.15, 0.2) is 5.92 Å². The minimum absolute atomic E-state index is 0.0770. The predicted octanol–water partition coefficient (Wildman–Crippen LogP) is 5.83. The summed E-state index contributed by atoms with van der Waals surface area (Å²) in [4.78, 5) is 75.4. The number of carbonyl (C=O) groups excluding carboxylic acids is 5. The summed E-state index contributed by atoms with van der Waals surface area (Å²) < 4.78 is 22.0. The van der Waals surface area contributed by atoms with Gasteiger partial charge < -0.3 is 34.3 Å². The van der Waals surface area contributed by atoms with Crippen LogP contribution in [0, 0.1) is 23.7 Å². The van der Waals surface area contributed by atoms with E-state index in [1.165, 1.54) is 14.2 Å². The number of carbonyl (C=O) groups is 5. The SMILES string of the molecule is COC(=O)C(CC#Cc1ccc2c(c1)[C@]1(C(=O)N2)[C@H](c2ccc(OCCO)cc2)N2[C@H](c3ccccc3)[C@H](c3ccccc3)OC(=O)[C@H]2[C@@H]1C(=O)N1CCCCCCC1)C(=O)OC. The number of hydrogen-bond acceptors (Lipinski definition) is 11. The van der Waals surface area contributed by atoms with E-state index in [1.54, 1.807) is 30.3 Å². The summed E-state index contributed by atoms with van der Waals surface area (Å²) in [6.45, 7) is 0.850. The van der Waals surface area contributed by atoms with Crippen molar-refractivity contribution in [1.82, 2.24) is 9.80 Å². The molecular weight excluding hydrogens is 803 g/mol. The van der Waals surface area contributed by atoms with Crippen molar-refractivity contribution in [3.05, 3.63) is 131 Å². The van der Waals surface area contributed by atoms with E-state index in [4.69, 9.17) is 18.9 Å². The van der Waals surface area contributed by atoms with E-state index in [1.807, 2.05) is 77.7 Å². The third-order valence-electron chi connectivity index (χ3n) is 12.8. The van der Waals surface area contributed by atoms with Crippen LogP contribution in [0.5, 0.6) is 5.75 Å². The lowest BCUT2D eigenvalue weighted by molar-refractivity contribution is -0.179. The van der Waals surface area contributed by atoms with Crippen LogP contribution < -0.4 is 10.1 Å². The maximum atomic E-state index is 15.8. The standard InChI is InChI=1S/C50H51N3O10/c1-60-46(56)37(47(57)61-2)20-14-15-32-21-26-39-38(31-32)50(49(59)51-39)40(45(55)52-27-12-4-3-5-13-28-52)42-48(58)63-43(34-18-10-7-11-19-34)41(33-16-8-6-9-17-33)53(42)44(50)35-22-24-36(25-23-35)62-30-29-54/h6-11,16-19,21-26,31,37,40-44,54H,3-5,12-13,20,27-30H2,1-2H3,(H,51,59)/t40-,41-,42-,43+,44+,50-/m1/s1. The summed E-state index contributed by atoms with van der Waals surface area (Å²) in [7, 11) is 2.37. The lowest BCUT2D eigenvalue weighted by Crippen LogP contribution is -2.55. The molecule has 0 aromatic heterocycles. The van der Waals surface area contributed by atoms with Crippen molar-refractivity contribution in [2.24, 2.45) is 11.8 Å². The second-order valence-electron chi connectivity index (χ2n) is 16.3. The fraction of sp³-hybridized carbons (Fsp3) is 0.380. The largest absolute Gasteiger partial charge is 0.491 e. The molecule has 1 spiro atoms. The van der Waals surface area contributed by atoms with Gasteiger partial charge in [-0.1, -0.05) is 104 Å². The van der Waals surface area contributed by atoms with Crippen molar-refractivity contribution in [3.63, 3.8) is 0 Å². The van der Waals surface area contributed by atoms with Crippen molar-refractivity contribution < 1.29 is 48.0 Å². The zero-order valence-corrected chi connectivity index (χ0v) is 35.4. The number of aliphatic hydroxyl groups is 1. The summed E-state index contributed by atoms with van der Waals surface area (Å²) in [6, 6.07) is 28.9. The van der Waals surface area contributed by atoms with Crippen LogP contribution in [0.4, 0.5) is 5.69 Å². The second kappa shape index (κ2) is 18.9. The van der Waals surface area contributed by atoms with Crippen molar-refractivity contribution in [1.29, 1.82) is 0 Å². The number of aliphatic hydroxyl groups excluding tert-OH is 1. The first-order valence-electron chi connectivity index (χ1n) is 21.5. The molecule has 0 bridgehead atoms. The van der Waals surface area contributed by atoms with Crippen molar-refractivity contribution in [3.8, 4) is 17.6 Å². The zero-order chi connectivity index (χ0) is 44.1. The Morgan fingerprint density at radius 1 is 0.810 bits per heavy atom. The Morgan fingerprint density at radius 3 is 2.08 bits per heavy atom. The molecule has 2 amide bonds. The molecule has 0 saturated carbocycles. The lowest BCUT2D eigenvalue weighted by Gasteiger charge is -2.46. The Morgan fingerprint density at radius 2 is 1.44 bits per heavy atom. The summed E-state index contributed by atoms with van der Waals surface area (Å²) in [5.41, 5.74) is 1.92. The van der Waals surface area contributed by atoms with E-state index in [2.05, 4.69) is 22.1 Å². The Balaban J connectivity index is 1.38. The van der Waals surface area contributed by atoms with Crippen molar-refractivity contribution in [2.45, 2.75) is 68.2 Å². The van der Waals surface area contributed by atoms with Crippen LogP contribution in [-0.4, -0.2) is 91.2 Å². The van der Waals surface area contributed by atoms with Gasteiger partial charge in [-0.15, -0.1) is 0 Å². The Hall–Kier alpha value is -6.49. The Kier molecular flexibility index (Phi) is 12.9. The molecule has 3 fully saturated rings. The smallest absolute Gasteiger partial charge is 0.324 e. The summed E-state index contributed by atoms with van der Waals surface area (Å²) in [5.74, 6) is 1.07. The van der Waals surface area contributed by atoms with Gasteiger partial charge in [-0.05, 0) is 65.4 Å². The van der Waals surface area contributed by atoms with E-state index in [-0.39, 0.29) is 25.5 Å². The molecule has 4 aromatic rings. The highest BCUT2D eigenvalue weighted by atomic mass is 16.6. The van der Waals surface area contributed by atoms with E-state index in [0.29, 0.717) is 41.2 Å². The van der Waals surface area contributed by atoms with Crippen LogP contribution in [0.2, 0.25) is 0 Å².